The van der Waals surface area contributed by atoms with Crippen LogP contribution in [0, 0.1) is 6.92 Å². The van der Waals surface area contributed by atoms with E-state index in [0.29, 0.717) is 13.1 Å². The predicted octanol–water partition coefficient (Wildman–Crippen LogP) is 0.795. The highest BCUT2D eigenvalue weighted by molar-refractivity contribution is 7.91. The number of rotatable bonds is 4. The van der Waals surface area contributed by atoms with Gasteiger partial charge in [0, 0.05) is 43.6 Å². The minimum absolute atomic E-state index is 0.0251. The summed E-state index contributed by atoms with van der Waals surface area (Å²) in [6.07, 6.45) is 3.46. The van der Waals surface area contributed by atoms with Gasteiger partial charge in [-0.05, 0) is 19.1 Å². The summed E-state index contributed by atoms with van der Waals surface area (Å²) in [6, 6.07) is 3.98. The van der Waals surface area contributed by atoms with Gasteiger partial charge in [-0.15, -0.1) is 0 Å². The van der Waals surface area contributed by atoms with E-state index < -0.39 is 9.84 Å². The number of fused-ring (bicyclic) bond motifs is 1. The number of nitrogens with zero attached hydrogens (tertiary/aromatic N) is 3. The molecule has 0 aliphatic carbocycles. The monoisotopic (exact) mass is 350 g/mol. The number of nitrogens with one attached hydrogen (secondary N) is 1. The van der Waals surface area contributed by atoms with E-state index in [1.165, 1.54) is 0 Å². The zero-order valence-corrected chi connectivity index (χ0v) is 14.5. The van der Waals surface area contributed by atoms with Crippen LogP contribution in [0.2, 0.25) is 0 Å². The number of furan rings is 1. The van der Waals surface area contributed by atoms with Gasteiger partial charge in [-0.1, -0.05) is 0 Å². The van der Waals surface area contributed by atoms with Gasteiger partial charge in [0.05, 0.1) is 24.4 Å². The lowest BCUT2D eigenvalue weighted by Crippen LogP contribution is -2.58. The topological polar surface area (TPSA) is 82.4 Å². The minimum Gasteiger partial charge on any atom is -0.465 e. The van der Waals surface area contributed by atoms with Crippen LogP contribution in [0.4, 0.5) is 0 Å². The van der Waals surface area contributed by atoms with Crippen molar-refractivity contribution in [1.82, 2.24) is 19.8 Å². The molecule has 0 bridgehead atoms. The lowest BCUT2D eigenvalue weighted by Gasteiger charge is -2.43. The summed E-state index contributed by atoms with van der Waals surface area (Å²) in [7, 11) is -3.00. The second kappa shape index (κ2) is 6.02. The largest absolute Gasteiger partial charge is 0.465 e. The van der Waals surface area contributed by atoms with Crippen LogP contribution in [0.25, 0.3) is 0 Å². The van der Waals surface area contributed by atoms with Crippen molar-refractivity contribution in [1.29, 1.82) is 0 Å². The molecule has 2 unspecified atom stereocenters. The third-order valence-corrected chi connectivity index (χ3v) is 6.69. The molecule has 2 fully saturated rings. The Kier molecular flexibility index (Phi) is 3.98. The number of aromatic amines is 1. The maximum absolute atomic E-state index is 12.3. The van der Waals surface area contributed by atoms with Gasteiger partial charge in [0.1, 0.15) is 11.5 Å². The number of imidazole rings is 1. The number of H-pyrrole nitrogens is 1. The quantitative estimate of drug-likeness (QED) is 0.878. The molecule has 0 aromatic carbocycles. The average Bonchev–Trinajstić information content (AvgIpc) is 3.22. The predicted molar refractivity (Wildman–Crippen MR) is 89.1 cm³/mol. The third kappa shape index (κ3) is 3.13. The second-order valence-corrected chi connectivity index (χ2v) is 8.90. The molecule has 4 rings (SSSR count). The fraction of sp³-hybridized carbons (Fsp3) is 0.562. The van der Waals surface area contributed by atoms with Crippen LogP contribution >= 0.6 is 0 Å². The van der Waals surface area contributed by atoms with E-state index >= 15 is 0 Å². The van der Waals surface area contributed by atoms with E-state index in [2.05, 4.69) is 19.8 Å². The van der Waals surface area contributed by atoms with Crippen LogP contribution in [-0.2, 0) is 22.9 Å². The Morgan fingerprint density at radius 1 is 1.21 bits per heavy atom. The van der Waals surface area contributed by atoms with Crippen molar-refractivity contribution < 1.29 is 12.8 Å². The number of sulfone groups is 1. The number of piperazine rings is 1. The van der Waals surface area contributed by atoms with E-state index in [-0.39, 0.29) is 23.6 Å². The molecule has 2 aromatic rings. The Bertz CT molecular complexity index is 799. The standard InChI is InChI=1S/C16H22N4O3S/c1-12-2-3-14(23-12)8-20-5-4-19(7-13-6-17-11-18-13)15-9-24(21,22)10-16(15)20/h2-3,6,11,15-16H,4-5,7-10H2,1H3,(H,17,18). The van der Waals surface area contributed by atoms with Crippen LogP contribution < -0.4 is 0 Å². The van der Waals surface area contributed by atoms with E-state index in [0.717, 1.165) is 30.3 Å². The molecule has 130 valence electrons. The zero-order chi connectivity index (χ0) is 16.7. The van der Waals surface area contributed by atoms with E-state index in [1.807, 2.05) is 19.1 Å². The number of hydrogen-bond donors (Lipinski definition) is 1. The lowest BCUT2D eigenvalue weighted by molar-refractivity contribution is 0.0309. The van der Waals surface area contributed by atoms with Crippen LogP contribution in [-0.4, -0.2) is 64.9 Å². The van der Waals surface area contributed by atoms with Crippen LogP contribution in [0.15, 0.2) is 29.1 Å². The van der Waals surface area contributed by atoms with Crippen LogP contribution in [0.5, 0.6) is 0 Å². The highest BCUT2D eigenvalue weighted by Crippen LogP contribution is 2.29. The summed E-state index contributed by atoms with van der Waals surface area (Å²) in [5.74, 6) is 2.26. The molecule has 1 N–H and O–H groups in total. The Morgan fingerprint density at radius 3 is 2.50 bits per heavy atom. The lowest BCUT2D eigenvalue weighted by atomic mass is 10.0. The van der Waals surface area contributed by atoms with Crippen molar-refractivity contribution in [2.45, 2.75) is 32.1 Å². The van der Waals surface area contributed by atoms with Gasteiger partial charge in [0.15, 0.2) is 9.84 Å². The molecule has 24 heavy (non-hydrogen) atoms. The Morgan fingerprint density at radius 2 is 1.92 bits per heavy atom. The molecule has 0 amide bonds. The highest BCUT2D eigenvalue weighted by Gasteiger charge is 2.46. The van der Waals surface area contributed by atoms with Crippen molar-refractivity contribution in [3.8, 4) is 0 Å². The van der Waals surface area contributed by atoms with Gasteiger partial charge < -0.3 is 9.40 Å². The normalized spacial score (nSPS) is 27.4. The first-order valence-electron chi connectivity index (χ1n) is 8.21. The van der Waals surface area contributed by atoms with Gasteiger partial charge in [0.25, 0.3) is 0 Å². The molecule has 2 aliphatic rings. The second-order valence-electron chi connectivity index (χ2n) is 6.74. The molecule has 2 aromatic heterocycles. The molecule has 2 saturated heterocycles. The van der Waals surface area contributed by atoms with Crippen molar-refractivity contribution in [2.75, 3.05) is 24.6 Å². The fourth-order valence-electron chi connectivity index (χ4n) is 3.85. The molecular weight excluding hydrogens is 328 g/mol. The zero-order valence-electron chi connectivity index (χ0n) is 13.7. The van der Waals surface area contributed by atoms with Gasteiger partial charge in [-0.25, -0.2) is 13.4 Å². The van der Waals surface area contributed by atoms with Gasteiger partial charge in [0.2, 0.25) is 0 Å². The summed E-state index contributed by atoms with van der Waals surface area (Å²) < 4.78 is 30.2. The molecule has 2 aliphatic heterocycles. The Balaban J connectivity index is 1.53. The van der Waals surface area contributed by atoms with Gasteiger partial charge in [-0.2, -0.15) is 0 Å². The van der Waals surface area contributed by atoms with E-state index in [9.17, 15) is 8.42 Å². The van der Waals surface area contributed by atoms with Crippen molar-refractivity contribution >= 4 is 9.84 Å². The number of aryl methyl sites for hydroxylation is 1. The first-order valence-corrected chi connectivity index (χ1v) is 10.0. The maximum atomic E-state index is 12.3. The van der Waals surface area contributed by atoms with Gasteiger partial charge >= 0.3 is 0 Å². The van der Waals surface area contributed by atoms with Crippen LogP contribution in [0.1, 0.15) is 17.2 Å². The SMILES string of the molecule is Cc1ccc(CN2CCN(Cc3cnc[nH]3)C3CS(=O)(=O)CC32)o1. The first-order chi connectivity index (χ1) is 11.5. The van der Waals surface area contributed by atoms with Crippen molar-refractivity contribution in [2.24, 2.45) is 0 Å². The summed E-state index contributed by atoms with van der Waals surface area (Å²) in [5, 5.41) is 0. The third-order valence-electron chi connectivity index (χ3n) is 4.99. The smallest absolute Gasteiger partial charge is 0.153 e. The van der Waals surface area contributed by atoms with Crippen LogP contribution in [0.3, 0.4) is 0 Å². The molecule has 0 radical (unpaired) electrons. The Hall–Kier alpha value is -1.64. The molecule has 0 spiro atoms. The Labute approximate surface area is 141 Å². The first kappa shape index (κ1) is 15.9. The average molecular weight is 350 g/mol. The van der Waals surface area contributed by atoms with Gasteiger partial charge in [-0.3, -0.25) is 9.80 Å². The molecular formula is C16H22N4O3S. The fourth-order valence-corrected chi connectivity index (χ4v) is 5.89. The highest BCUT2D eigenvalue weighted by atomic mass is 32.2. The molecule has 2 atom stereocenters. The summed E-state index contributed by atoms with van der Waals surface area (Å²) in [6.45, 7) is 4.99. The van der Waals surface area contributed by atoms with E-state index in [1.54, 1.807) is 12.5 Å². The molecule has 7 nitrogen and oxygen atoms in total. The molecule has 0 saturated carbocycles. The van der Waals surface area contributed by atoms with Crippen molar-refractivity contribution in [3.63, 3.8) is 0 Å². The maximum Gasteiger partial charge on any atom is 0.153 e. The minimum atomic E-state index is -3.00. The van der Waals surface area contributed by atoms with E-state index in [4.69, 9.17) is 4.42 Å². The molecule has 4 heterocycles. The molecule has 8 heteroatoms. The summed E-state index contributed by atoms with van der Waals surface area (Å²) >= 11 is 0. The number of hydrogen-bond acceptors (Lipinski definition) is 6. The summed E-state index contributed by atoms with van der Waals surface area (Å²) in [5.41, 5.74) is 1.02. The summed E-state index contributed by atoms with van der Waals surface area (Å²) in [4.78, 5) is 11.7. The van der Waals surface area contributed by atoms with Crippen molar-refractivity contribution in [3.05, 3.63) is 41.9 Å². The number of aromatic nitrogens is 2.